The Morgan fingerprint density at radius 1 is 0.417 bits per heavy atom. The normalized spacial score (nSPS) is 10.3. The van der Waals surface area contributed by atoms with Gasteiger partial charge < -0.3 is 11.5 Å². The summed E-state index contributed by atoms with van der Waals surface area (Å²) in [5.74, 6) is 0. The minimum Gasteiger partial charge on any atom is -0.409 e. The maximum atomic E-state index is 6.67. The monoisotopic (exact) mass is 468 g/mol. The molecule has 2 nitrogen and oxygen atoms in total. The Hall–Kier alpha value is -3.91. The molecule has 4 heteroatoms. The number of rotatable bonds is 11. The lowest BCUT2D eigenvalue weighted by Gasteiger charge is -2.14. The molecule has 0 unspecified atom stereocenters. The highest BCUT2D eigenvalue weighted by Crippen LogP contribution is 2.26. The molecule has 0 aliphatic rings. The molecule has 0 fully saturated rings. The second-order valence-corrected chi connectivity index (χ2v) is 9.18. The molecule has 0 heterocycles. The molecule has 0 aliphatic heterocycles. The molecule has 0 bridgehead atoms. The molecule has 4 rings (SSSR count). The van der Waals surface area contributed by atoms with Crippen LogP contribution in [0.2, 0.25) is 12.6 Å². The minimum atomic E-state index is 0.893. The van der Waals surface area contributed by atoms with Crippen molar-refractivity contribution >= 4 is 25.7 Å². The Bertz CT molecular complexity index is 1080. The molecular formula is C32H34B2N2. The van der Waals surface area contributed by atoms with Gasteiger partial charge in [-0.05, 0) is 44.6 Å². The van der Waals surface area contributed by atoms with Gasteiger partial charge in [-0.2, -0.15) is 0 Å². The average molecular weight is 468 g/mol. The Morgan fingerprint density at radius 3 is 0.917 bits per heavy atom. The molecule has 0 aliphatic carbocycles. The van der Waals surface area contributed by atoms with Gasteiger partial charge in [-0.3, -0.25) is 0 Å². The molecule has 4 aromatic rings. The number of hydrogen-bond donors (Lipinski definition) is 2. The van der Waals surface area contributed by atoms with E-state index < -0.39 is 0 Å². The summed E-state index contributed by atoms with van der Waals surface area (Å²) in [6, 6.07) is 41.9. The Balaban J connectivity index is 1.37. The fraction of sp³-hybridized carbons (Fsp3) is 0.125. The van der Waals surface area contributed by atoms with E-state index in [2.05, 4.69) is 97.1 Å². The Labute approximate surface area is 217 Å². The van der Waals surface area contributed by atoms with E-state index in [1.165, 1.54) is 22.3 Å². The predicted octanol–water partition coefficient (Wildman–Crippen LogP) is 6.23. The van der Waals surface area contributed by atoms with E-state index in [1.54, 1.807) is 0 Å². The number of unbranched alkanes of at least 4 members (excludes halogenated alkanes) is 1. The lowest BCUT2D eigenvalue weighted by molar-refractivity contribution is 0.874. The van der Waals surface area contributed by atoms with E-state index >= 15 is 0 Å². The zero-order valence-corrected chi connectivity index (χ0v) is 20.9. The molecule has 0 saturated carbocycles. The van der Waals surface area contributed by atoms with Crippen molar-refractivity contribution in [1.29, 1.82) is 0 Å². The fourth-order valence-corrected chi connectivity index (χ4v) is 4.73. The van der Waals surface area contributed by atoms with Crippen molar-refractivity contribution in [3.05, 3.63) is 155 Å². The lowest BCUT2D eigenvalue weighted by Crippen LogP contribution is -2.12. The minimum absolute atomic E-state index is 0.893. The highest BCUT2D eigenvalue weighted by molar-refractivity contribution is 6.48. The molecule has 0 radical (unpaired) electrons. The SMILES string of the molecule is NC(BCCCCBC(N)=C(c1ccccc1)c1ccccc1)=C(c1ccccc1)c1ccccc1. The summed E-state index contributed by atoms with van der Waals surface area (Å²) in [6.07, 6.45) is 4.42. The van der Waals surface area contributed by atoms with Gasteiger partial charge in [0.25, 0.3) is 0 Å². The molecule has 0 amide bonds. The first-order valence-corrected chi connectivity index (χ1v) is 12.9. The highest BCUT2D eigenvalue weighted by atomic mass is 14.5. The van der Waals surface area contributed by atoms with E-state index in [1.807, 2.05) is 24.3 Å². The third kappa shape index (κ3) is 6.82. The van der Waals surface area contributed by atoms with Gasteiger partial charge in [0.15, 0.2) is 14.6 Å². The molecule has 0 aromatic heterocycles. The Kier molecular flexibility index (Phi) is 9.27. The molecular weight excluding hydrogens is 434 g/mol. The summed E-state index contributed by atoms with van der Waals surface area (Å²) in [4.78, 5) is 0. The van der Waals surface area contributed by atoms with Crippen LogP contribution in [0, 0.1) is 0 Å². The van der Waals surface area contributed by atoms with Crippen LogP contribution in [0.25, 0.3) is 11.1 Å². The van der Waals surface area contributed by atoms with Crippen LogP contribution >= 0.6 is 0 Å². The average Bonchev–Trinajstić information content (AvgIpc) is 2.93. The lowest BCUT2D eigenvalue weighted by atomic mass is 9.63. The maximum Gasteiger partial charge on any atom is 0.179 e. The van der Waals surface area contributed by atoms with Gasteiger partial charge in [0.05, 0.1) is 0 Å². The van der Waals surface area contributed by atoms with Gasteiger partial charge in [0, 0.05) is 0 Å². The van der Waals surface area contributed by atoms with Crippen molar-refractivity contribution in [2.45, 2.75) is 25.5 Å². The van der Waals surface area contributed by atoms with E-state index in [0.29, 0.717) is 0 Å². The molecule has 178 valence electrons. The quantitative estimate of drug-likeness (QED) is 0.203. The van der Waals surface area contributed by atoms with Crippen molar-refractivity contribution in [3.63, 3.8) is 0 Å². The third-order valence-corrected chi connectivity index (χ3v) is 6.53. The highest BCUT2D eigenvalue weighted by Gasteiger charge is 2.12. The van der Waals surface area contributed by atoms with Crippen molar-refractivity contribution in [1.82, 2.24) is 0 Å². The molecule has 4 aromatic carbocycles. The first-order chi connectivity index (χ1) is 17.7. The summed E-state index contributed by atoms with van der Waals surface area (Å²) in [5, 5.41) is 0. The van der Waals surface area contributed by atoms with Crippen LogP contribution < -0.4 is 11.5 Å². The van der Waals surface area contributed by atoms with Crippen molar-refractivity contribution < 1.29 is 0 Å². The second kappa shape index (κ2) is 13.3. The van der Waals surface area contributed by atoms with Crippen LogP contribution in [-0.2, 0) is 0 Å². The van der Waals surface area contributed by atoms with Crippen LogP contribution in [0.1, 0.15) is 35.1 Å². The van der Waals surface area contributed by atoms with E-state index in [9.17, 15) is 0 Å². The predicted molar refractivity (Wildman–Crippen MR) is 159 cm³/mol. The van der Waals surface area contributed by atoms with Crippen LogP contribution in [0.15, 0.2) is 133 Å². The van der Waals surface area contributed by atoms with Crippen LogP contribution in [0.5, 0.6) is 0 Å². The Morgan fingerprint density at radius 2 is 0.667 bits per heavy atom. The topological polar surface area (TPSA) is 52.0 Å². The summed E-state index contributed by atoms with van der Waals surface area (Å²) < 4.78 is 0. The smallest absolute Gasteiger partial charge is 0.179 e. The van der Waals surface area contributed by atoms with Gasteiger partial charge >= 0.3 is 0 Å². The van der Waals surface area contributed by atoms with Crippen LogP contribution in [0.3, 0.4) is 0 Å². The molecule has 0 saturated heterocycles. The summed E-state index contributed by atoms with van der Waals surface area (Å²) in [7, 11) is 1.79. The van der Waals surface area contributed by atoms with Crippen LogP contribution in [0.4, 0.5) is 0 Å². The number of benzene rings is 4. The zero-order chi connectivity index (χ0) is 25.0. The van der Waals surface area contributed by atoms with Gasteiger partial charge in [-0.25, -0.2) is 0 Å². The third-order valence-electron chi connectivity index (χ3n) is 6.53. The van der Waals surface area contributed by atoms with Gasteiger partial charge in [0.2, 0.25) is 0 Å². The molecule has 0 spiro atoms. The maximum absolute atomic E-state index is 6.67. The summed E-state index contributed by atoms with van der Waals surface area (Å²) in [5.41, 5.74) is 22.3. The van der Waals surface area contributed by atoms with E-state index in [0.717, 1.165) is 62.4 Å². The van der Waals surface area contributed by atoms with Gasteiger partial charge in [0.1, 0.15) is 0 Å². The summed E-state index contributed by atoms with van der Waals surface area (Å²) in [6.45, 7) is 0. The fourth-order valence-electron chi connectivity index (χ4n) is 4.73. The van der Waals surface area contributed by atoms with Crippen molar-refractivity contribution in [3.8, 4) is 0 Å². The first kappa shape index (κ1) is 25.2. The molecule has 0 atom stereocenters. The van der Waals surface area contributed by atoms with Gasteiger partial charge in [-0.1, -0.05) is 147 Å². The first-order valence-electron chi connectivity index (χ1n) is 12.9. The molecule has 4 N–H and O–H groups in total. The number of nitrogens with two attached hydrogens (primary N) is 2. The number of hydrogen-bond acceptors (Lipinski definition) is 2. The summed E-state index contributed by atoms with van der Waals surface area (Å²) >= 11 is 0. The van der Waals surface area contributed by atoms with Gasteiger partial charge in [-0.15, -0.1) is 0 Å². The second-order valence-electron chi connectivity index (χ2n) is 9.18. The van der Waals surface area contributed by atoms with Crippen molar-refractivity contribution in [2.24, 2.45) is 11.5 Å². The van der Waals surface area contributed by atoms with E-state index in [-0.39, 0.29) is 0 Å². The van der Waals surface area contributed by atoms with E-state index in [4.69, 9.17) is 11.5 Å². The molecule has 36 heavy (non-hydrogen) atoms. The zero-order valence-electron chi connectivity index (χ0n) is 20.9. The largest absolute Gasteiger partial charge is 0.409 e. The van der Waals surface area contributed by atoms with Crippen LogP contribution in [-0.4, -0.2) is 14.6 Å². The standard InChI is InChI=1S/C32H34B2N2/c35-31(29(25-15-5-1-6-16-25)26-17-7-2-8-18-26)33-23-13-14-24-34-32(36)30(27-19-9-3-10-20-27)28-21-11-4-12-22-28/h1-12,15-22,33-34H,13-14,23-24,35-36H2. The van der Waals surface area contributed by atoms with Crippen molar-refractivity contribution in [2.75, 3.05) is 0 Å².